The van der Waals surface area contributed by atoms with Crippen molar-refractivity contribution < 1.29 is 12.8 Å². The third-order valence-electron chi connectivity index (χ3n) is 4.96. The normalized spacial score (nSPS) is 17.2. The van der Waals surface area contributed by atoms with Crippen LogP contribution in [-0.4, -0.2) is 62.1 Å². The van der Waals surface area contributed by atoms with Gasteiger partial charge in [0.05, 0.1) is 24.2 Å². The maximum Gasteiger partial charge on any atom is 0.191 e. The van der Waals surface area contributed by atoms with Crippen LogP contribution < -0.4 is 15.5 Å². The lowest BCUT2D eigenvalue weighted by Gasteiger charge is -2.34. The lowest BCUT2D eigenvalue weighted by Crippen LogP contribution is -2.51. The number of hydrogen-bond donors (Lipinski definition) is 2. The minimum Gasteiger partial charge on any atom is -0.367 e. The molecule has 0 radical (unpaired) electrons. The fourth-order valence-electron chi connectivity index (χ4n) is 3.50. The SMILES string of the molecule is CCNC(=NCCS(=O)(=O)c1ccccc1F)NC1CCCN(c2cnn(C)c2)C1.I. The highest BCUT2D eigenvalue weighted by atomic mass is 127. The van der Waals surface area contributed by atoms with Crippen LogP contribution in [-0.2, 0) is 16.9 Å². The van der Waals surface area contributed by atoms with Gasteiger partial charge in [-0.05, 0) is 31.9 Å². The van der Waals surface area contributed by atoms with Crippen molar-refractivity contribution in [2.24, 2.45) is 12.0 Å². The van der Waals surface area contributed by atoms with Crippen molar-refractivity contribution in [2.75, 3.05) is 36.8 Å². The fraction of sp³-hybridized carbons (Fsp3) is 0.500. The molecule has 11 heteroatoms. The molecule has 1 atom stereocenters. The summed E-state index contributed by atoms with van der Waals surface area (Å²) in [5, 5.41) is 10.8. The molecule has 3 rings (SSSR count). The van der Waals surface area contributed by atoms with Gasteiger partial charge in [-0.2, -0.15) is 5.10 Å². The van der Waals surface area contributed by atoms with Crippen LogP contribution in [0.1, 0.15) is 19.8 Å². The van der Waals surface area contributed by atoms with Gasteiger partial charge in [-0.3, -0.25) is 9.67 Å². The van der Waals surface area contributed by atoms with E-state index in [9.17, 15) is 12.8 Å². The van der Waals surface area contributed by atoms with E-state index in [0.717, 1.165) is 37.7 Å². The Morgan fingerprint density at radius 3 is 2.81 bits per heavy atom. The van der Waals surface area contributed by atoms with E-state index in [1.807, 2.05) is 26.4 Å². The van der Waals surface area contributed by atoms with Crippen molar-refractivity contribution in [3.63, 3.8) is 0 Å². The molecule has 31 heavy (non-hydrogen) atoms. The number of rotatable bonds is 7. The average molecular weight is 564 g/mol. The topological polar surface area (TPSA) is 91.6 Å². The van der Waals surface area contributed by atoms with Crippen LogP contribution in [0.15, 0.2) is 46.5 Å². The molecule has 1 unspecified atom stereocenters. The predicted molar refractivity (Wildman–Crippen MR) is 131 cm³/mol. The minimum atomic E-state index is -3.73. The Morgan fingerprint density at radius 1 is 1.35 bits per heavy atom. The van der Waals surface area contributed by atoms with Crippen LogP contribution >= 0.6 is 24.0 Å². The number of aliphatic imine (C=N–C) groups is 1. The maximum absolute atomic E-state index is 13.8. The van der Waals surface area contributed by atoms with Crippen molar-refractivity contribution in [1.82, 2.24) is 20.4 Å². The zero-order chi connectivity index (χ0) is 21.6. The van der Waals surface area contributed by atoms with Crippen LogP contribution in [0.4, 0.5) is 10.1 Å². The summed E-state index contributed by atoms with van der Waals surface area (Å²) in [5.74, 6) is -0.416. The Morgan fingerprint density at radius 2 is 2.13 bits per heavy atom. The molecule has 1 aromatic heterocycles. The number of hydrogen-bond acceptors (Lipinski definition) is 5. The first kappa shape index (κ1) is 25.4. The Labute approximate surface area is 200 Å². The second-order valence-corrected chi connectivity index (χ2v) is 9.39. The molecule has 2 N–H and O–H groups in total. The van der Waals surface area contributed by atoms with Crippen molar-refractivity contribution >= 4 is 45.5 Å². The van der Waals surface area contributed by atoms with Gasteiger partial charge >= 0.3 is 0 Å². The van der Waals surface area contributed by atoms with Crippen molar-refractivity contribution in [3.05, 3.63) is 42.5 Å². The summed E-state index contributed by atoms with van der Waals surface area (Å²) in [6.07, 6.45) is 5.88. The summed E-state index contributed by atoms with van der Waals surface area (Å²) in [4.78, 5) is 6.41. The third-order valence-corrected chi connectivity index (χ3v) is 6.69. The summed E-state index contributed by atoms with van der Waals surface area (Å²) >= 11 is 0. The first-order chi connectivity index (χ1) is 14.4. The van der Waals surface area contributed by atoms with Gasteiger partial charge in [0.1, 0.15) is 10.7 Å². The standard InChI is InChI=1S/C20H29FN6O2S.HI/c1-3-22-20(23-10-12-30(28,29)19-9-5-4-8-18(19)21)25-16-7-6-11-27(14-16)17-13-24-26(2)15-17;/h4-5,8-9,13,15-16H,3,6-7,10-12,14H2,1-2H3,(H2,22,23,25);1H. The molecular weight excluding hydrogens is 534 g/mol. The van der Waals surface area contributed by atoms with Crippen molar-refractivity contribution in [3.8, 4) is 0 Å². The monoisotopic (exact) mass is 564 g/mol. The molecule has 2 aromatic rings. The molecule has 1 fully saturated rings. The van der Waals surface area contributed by atoms with Crippen molar-refractivity contribution in [2.45, 2.75) is 30.7 Å². The average Bonchev–Trinajstić information content (AvgIpc) is 3.15. The number of aromatic nitrogens is 2. The molecule has 1 aliphatic heterocycles. The summed E-state index contributed by atoms with van der Waals surface area (Å²) in [6.45, 7) is 4.44. The molecule has 0 amide bonds. The number of piperidine rings is 1. The molecule has 0 spiro atoms. The van der Waals surface area contributed by atoms with E-state index >= 15 is 0 Å². The number of benzene rings is 1. The van der Waals surface area contributed by atoms with Gasteiger partial charge in [0.15, 0.2) is 15.8 Å². The highest BCUT2D eigenvalue weighted by molar-refractivity contribution is 14.0. The van der Waals surface area contributed by atoms with E-state index in [1.54, 1.807) is 4.68 Å². The highest BCUT2D eigenvalue weighted by Crippen LogP contribution is 2.19. The molecule has 1 aliphatic rings. The van der Waals surface area contributed by atoms with Gasteiger partial charge in [-0.1, -0.05) is 12.1 Å². The Kier molecular flexibility index (Phi) is 9.54. The minimum absolute atomic E-state index is 0. The summed E-state index contributed by atoms with van der Waals surface area (Å²) in [7, 11) is -1.83. The number of sulfone groups is 1. The van der Waals surface area contributed by atoms with Gasteiger partial charge in [-0.15, -0.1) is 24.0 Å². The second-order valence-electron chi connectivity index (χ2n) is 7.31. The van der Waals surface area contributed by atoms with Crippen LogP contribution in [0.5, 0.6) is 0 Å². The van der Waals surface area contributed by atoms with Crippen LogP contribution in [0.25, 0.3) is 0 Å². The fourth-order valence-corrected chi connectivity index (χ4v) is 4.70. The highest BCUT2D eigenvalue weighted by Gasteiger charge is 2.22. The largest absolute Gasteiger partial charge is 0.367 e. The van der Waals surface area contributed by atoms with Gasteiger partial charge < -0.3 is 15.5 Å². The first-order valence-electron chi connectivity index (χ1n) is 10.1. The van der Waals surface area contributed by atoms with E-state index in [0.29, 0.717) is 12.5 Å². The molecule has 8 nitrogen and oxygen atoms in total. The molecular formula is C20H30FIN6O2S. The molecule has 0 bridgehead atoms. The van der Waals surface area contributed by atoms with E-state index < -0.39 is 15.7 Å². The van der Waals surface area contributed by atoms with Crippen LogP contribution in [0, 0.1) is 5.82 Å². The maximum atomic E-state index is 13.8. The summed E-state index contributed by atoms with van der Waals surface area (Å²) in [5.41, 5.74) is 1.09. The summed E-state index contributed by atoms with van der Waals surface area (Å²) in [6, 6.07) is 5.60. The second kappa shape index (κ2) is 11.7. The number of anilines is 1. The molecule has 1 aromatic carbocycles. The zero-order valence-electron chi connectivity index (χ0n) is 17.8. The van der Waals surface area contributed by atoms with Gasteiger partial charge in [0.2, 0.25) is 0 Å². The lowest BCUT2D eigenvalue weighted by atomic mass is 10.1. The molecule has 0 saturated carbocycles. The molecule has 0 aliphatic carbocycles. The Hall–Kier alpha value is -1.89. The van der Waals surface area contributed by atoms with E-state index in [1.165, 1.54) is 18.2 Å². The molecule has 172 valence electrons. The van der Waals surface area contributed by atoms with Crippen molar-refractivity contribution in [1.29, 1.82) is 0 Å². The summed E-state index contributed by atoms with van der Waals surface area (Å²) < 4.78 is 40.5. The predicted octanol–water partition coefficient (Wildman–Crippen LogP) is 2.18. The number of guanidine groups is 1. The third kappa shape index (κ3) is 7.06. The zero-order valence-corrected chi connectivity index (χ0v) is 20.9. The number of nitrogens with zero attached hydrogens (tertiary/aromatic N) is 4. The smallest absolute Gasteiger partial charge is 0.191 e. The van der Waals surface area contributed by atoms with Gasteiger partial charge in [0.25, 0.3) is 0 Å². The number of nitrogens with one attached hydrogen (secondary N) is 2. The Balaban J connectivity index is 0.00000341. The first-order valence-corrected chi connectivity index (χ1v) is 11.8. The van der Waals surface area contributed by atoms with Crippen LogP contribution in [0.3, 0.4) is 0 Å². The van der Waals surface area contributed by atoms with Crippen LogP contribution in [0.2, 0.25) is 0 Å². The van der Waals surface area contributed by atoms with E-state index in [2.05, 4.69) is 25.6 Å². The van der Waals surface area contributed by atoms with Gasteiger partial charge in [-0.25, -0.2) is 12.8 Å². The Bertz CT molecular complexity index is 982. The van der Waals surface area contributed by atoms with E-state index in [-0.39, 0.29) is 47.2 Å². The lowest BCUT2D eigenvalue weighted by molar-refractivity contribution is 0.468. The number of halogens is 2. The quantitative estimate of drug-likeness (QED) is 0.305. The molecule has 2 heterocycles. The van der Waals surface area contributed by atoms with E-state index in [4.69, 9.17) is 0 Å². The number of aryl methyl sites for hydroxylation is 1. The van der Waals surface area contributed by atoms with Gasteiger partial charge in [0, 0.05) is 38.9 Å². The molecule has 1 saturated heterocycles.